The molecule has 0 saturated carbocycles. The molecular weight excluding hydrogens is 148 g/mol. The number of hydrogen-bond acceptors (Lipinski definition) is 1. The molecule has 0 atom stereocenters. The van der Waals surface area contributed by atoms with E-state index < -0.39 is 0 Å². The second-order valence-corrected chi connectivity index (χ2v) is 3.37. The van der Waals surface area contributed by atoms with Crippen LogP contribution < -0.4 is 0 Å². The largest absolute Gasteiger partial charge is 0.381 e. The highest BCUT2D eigenvalue weighted by Crippen LogP contribution is 2.34. The highest BCUT2D eigenvalue weighted by molar-refractivity contribution is 6.18. The van der Waals surface area contributed by atoms with Gasteiger partial charge in [0, 0.05) is 19.1 Å². The summed E-state index contributed by atoms with van der Waals surface area (Å²) in [6.45, 7) is 4.02. The lowest BCUT2D eigenvalue weighted by molar-refractivity contribution is 0.0238. The lowest BCUT2D eigenvalue weighted by Crippen LogP contribution is -2.30. The molecule has 1 saturated heterocycles. The Morgan fingerprint density at radius 2 is 2.00 bits per heavy atom. The summed E-state index contributed by atoms with van der Waals surface area (Å²) in [4.78, 5) is 0. The Hall–Kier alpha value is 0.250. The number of ether oxygens (including phenoxy) is 1. The molecule has 1 heterocycles. The molecule has 0 bridgehead atoms. The SMILES string of the molecule is CCC1(CCl)CCOCC1. The molecule has 1 rings (SSSR count). The molecule has 0 aromatic rings. The summed E-state index contributed by atoms with van der Waals surface area (Å²) in [6.07, 6.45) is 3.49. The molecule has 0 aromatic carbocycles. The lowest BCUT2D eigenvalue weighted by Gasteiger charge is -2.34. The predicted octanol–water partition coefficient (Wildman–Crippen LogP) is 2.43. The van der Waals surface area contributed by atoms with Gasteiger partial charge < -0.3 is 4.74 Å². The van der Waals surface area contributed by atoms with E-state index in [1.54, 1.807) is 0 Å². The summed E-state index contributed by atoms with van der Waals surface area (Å²) in [6, 6.07) is 0. The van der Waals surface area contributed by atoms with Gasteiger partial charge in [-0.25, -0.2) is 0 Å². The Bertz CT molecular complexity index is 91.4. The van der Waals surface area contributed by atoms with Crippen molar-refractivity contribution < 1.29 is 4.74 Å². The first-order valence-electron chi connectivity index (χ1n) is 3.97. The first-order valence-corrected chi connectivity index (χ1v) is 4.50. The van der Waals surface area contributed by atoms with Gasteiger partial charge >= 0.3 is 0 Å². The van der Waals surface area contributed by atoms with Crippen molar-refractivity contribution in [2.45, 2.75) is 26.2 Å². The van der Waals surface area contributed by atoms with Crippen molar-refractivity contribution in [2.24, 2.45) is 5.41 Å². The van der Waals surface area contributed by atoms with Gasteiger partial charge in [-0.05, 0) is 24.7 Å². The second kappa shape index (κ2) is 3.59. The smallest absolute Gasteiger partial charge is 0.0471 e. The number of halogens is 1. The van der Waals surface area contributed by atoms with E-state index in [-0.39, 0.29) is 0 Å². The fourth-order valence-corrected chi connectivity index (χ4v) is 1.84. The van der Waals surface area contributed by atoms with Crippen molar-refractivity contribution >= 4 is 11.6 Å². The van der Waals surface area contributed by atoms with Crippen LogP contribution in [0, 0.1) is 5.41 Å². The summed E-state index contributed by atoms with van der Waals surface area (Å²) in [7, 11) is 0. The molecule has 0 aliphatic carbocycles. The molecular formula is C8H15ClO. The van der Waals surface area contributed by atoms with Crippen LogP contribution in [-0.4, -0.2) is 19.1 Å². The van der Waals surface area contributed by atoms with E-state index in [1.807, 2.05) is 0 Å². The van der Waals surface area contributed by atoms with Gasteiger partial charge in [0.05, 0.1) is 0 Å². The number of alkyl halides is 1. The van der Waals surface area contributed by atoms with Gasteiger partial charge in [0.25, 0.3) is 0 Å². The van der Waals surface area contributed by atoms with Crippen LogP contribution in [0.2, 0.25) is 0 Å². The molecule has 1 fully saturated rings. The average Bonchev–Trinajstić information content (AvgIpc) is 2.06. The Morgan fingerprint density at radius 1 is 1.40 bits per heavy atom. The first-order chi connectivity index (χ1) is 4.83. The zero-order valence-corrected chi connectivity index (χ0v) is 7.28. The Kier molecular flexibility index (Phi) is 2.99. The maximum atomic E-state index is 5.88. The standard InChI is InChI=1S/C8H15ClO/c1-2-8(7-9)3-5-10-6-4-8/h2-7H2,1H3. The topological polar surface area (TPSA) is 9.23 Å². The van der Waals surface area contributed by atoms with Crippen molar-refractivity contribution in [1.82, 2.24) is 0 Å². The molecule has 0 aromatic heterocycles. The van der Waals surface area contributed by atoms with Gasteiger partial charge in [-0.2, -0.15) is 0 Å². The Morgan fingerprint density at radius 3 is 2.30 bits per heavy atom. The van der Waals surface area contributed by atoms with Crippen LogP contribution >= 0.6 is 11.6 Å². The van der Waals surface area contributed by atoms with Crippen LogP contribution in [0.15, 0.2) is 0 Å². The van der Waals surface area contributed by atoms with Gasteiger partial charge in [0.15, 0.2) is 0 Å². The molecule has 1 nitrogen and oxygen atoms in total. The molecule has 1 aliphatic heterocycles. The summed E-state index contributed by atoms with van der Waals surface area (Å²) >= 11 is 5.88. The highest BCUT2D eigenvalue weighted by Gasteiger charge is 2.29. The van der Waals surface area contributed by atoms with Crippen LogP contribution in [0.25, 0.3) is 0 Å². The molecule has 0 unspecified atom stereocenters. The minimum absolute atomic E-state index is 0.403. The van der Waals surface area contributed by atoms with Crippen LogP contribution in [-0.2, 0) is 4.74 Å². The van der Waals surface area contributed by atoms with Crippen molar-refractivity contribution in [3.05, 3.63) is 0 Å². The van der Waals surface area contributed by atoms with Gasteiger partial charge in [0.2, 0.25) is 0 Å². The fraction of sp³-hybridized carbons (Fsp3) is 1.00. The molecule has 0 N–H and O–H groups in total. The lowest BCUT2D eigenvalue weighted by atomic mass is 9.80. The van der Waals surface area contributed by atoms with Crippen LogP contribution in [0.5, 0.6) is 0 Å². The molecule has 0 radical (unpaired) electrons. The quantitative estimate of drug-likeness (QED) is 0.567. The number of hydrogen-bond donors (Lipinski definition) is 0. The molecule has 10 heavy (non-hydrogen) atoms. The van der Waals surface area contributed by atoms with E-state index in [1.165, 1.54) is 6.42 Å². The first kappa shape index (κ1) is 8.35. The zero-order chi connectivity index (χ0) is 7.45. The Labute approximate surface area is 67.7 Å². The molecule has 1 aliphatic rings. The minimum atomic E-state index is 0.403. The summed E-state index contributed by atoms with van der Waals surface area (Å²) in [5, 5.41) is 0. The van der Waals surface area contributed by atoms with Crippen molar-refractivity contribution in [1.29, 1.82) is 0 Å². The average molecular weight is 163 g/mol. The predicted molar refractivity (Wildman–Crippen MR) is 43.5 cm³/mol. The maximum Gasteiger partial charge on any atom is 0.0471 e. The molecule has 0 spiro atoms. The van der Waals surface area contributed by atoms with E-state index in [4.69, 9.17) is 16.3 Å². The van der Waals surface area contributed by atoms with E-state index in [0.717, 1.165) is 31.9 Å². The maximum absolute atomic E-state index is 5.88. The third-order valence-electron chi connectivity index (χ3n) is 2.59. The van der Waals surface area contributed by atoms with E-state index in [2.05, 4.69) is 6.92 Å². The van der Waals surface area contributed by atoms with Crippen molar-refractivity contribution in [2.75, 3.05) is 19.1 Å². The van der Waals surface area contributed by atoms with Gasteiger partial charge in [-0.3, -0.25) is 0 Å². The summed E-state index contributed by atoms with van der Waals surface area (Å²) < 4.78 is 5.27. The molecule has 0 amide bonds. The fourth-order valence-electron chi connectivity index (χ4n) is 1.39. The van der Waals surface area contributed by atoms with Crippen LogP contribution in [0.1, 0.15) is 26.2 Å². The van der Waals surface area contributed by atoms with Gasteiger partial charge in [0.1, 0.15) is 0 Å². The van der Waals surface area contributed by atoms with E-state index in [9.17, 15) is 0 Å². The van der Waals surface area contributed by atoms with Crippen molar-refractivity contribution in [3.8, 4) is 0 Å². The normalized spacial score (nSPS) is 24.6. The van der Waals surface area contributed by atoms with Crippen molar-refractivity contribution in [3.63, 3.8) is 0 Å². The van der Waals surface area contributed by atoms with Gasteiger partial charge in [-0.15, -0.1) is 11.6 Å². The van der Waals surface area contributed by atoms with Crippen LogP contribution in [0.3, 0.4) is 0 Å². The van der Waals surface area contributed by atoms with E-state index in [0.29, 0.717) is 5.41 Å². The molecule has 2 heteroatoms. The third-order valence-corrected chi connectivity index (χ3v) is 3.15. The van der Waals surface area contributed by atoms with Gasteiger partial charge in [-0.1, -0.05) is 6.92 Å². The Balaban J connectivity index is 2.44. The summed E-state index contributed by atoms with van der Waals surface area (Å²) in [5.41, 5.74) is 0.403. The number of rotatable bonds is 2. The second-order valence-electron chi connectivity index (χ2n) is 3.10. The summed E-state index contributed by atoms with van der Waals surface area (Å²) in [5.74, 6) is 0.798. The zero-order valence-electron chi connectivity index (χ0n) is 6.53. The monoisotopic (exact) mass is 162 g/mol. The minimum Gasteiger partial charge on any atom is -0.381 e. The third kappa shape index (κ3) is 1.64. The van der Waals surface area contributed by atoms with E-state index >= 15 is 0 Å². The van der Waals surface area contributed by atoms with Crippen LogP contribution in [0.4, 0.5) is 0 Å². The highest BCUT2D eigenvalue weighted by atomic mass is 35.5. The molecule has 60 valence electrons.